The molecule has 7 heteroatoms. The summed E-state index contributed by atoms with van der Waals surface area (Å²) in [5.41, 5.74) is 0. The molecule has 0 bridgehead atoms. The van der Waals surface area contributed by atoms with Crippen molar-refractivity contribution < 1.29 is 14.7 Å². The van der Waals surface area contributed by atoms with Crippen LogP contribution in [0, 0.1) is 5.92 Å². The van der Waals surface area contributed by atoms with Gasteiger partial charge in [-0.25, -0.2) is 4.68 Å². The maximum Gasteiger partial charge on any atom is 0.304 e. The SMILES string of the molecule is O=C(O)C[C@H]1Cn2ncnc2NC1=O. The summed E-state index contributed by atoms with van der Waals surface area (Å²) in [6.07, 6.45) is 1.13. The lowest BCUT2D eigenvalue weighted by Crippen LogP contribution is -2.35. The number of hydrogen-bond donors (Lipinski definition) is 2. The smallest absolute Gasteiger partial charge is 0.304 e. The van der Waals surface area contributed by atoms with E-state index >= 15 is 0 Å². The highest BCUT2D eigenvalue weighted by Crippen LogP contribution is 2.17. The maximum atomic E-state index is 11.3. The van der Waals surface area contributed by atoms with E-state index < -0.39 is 11.9 Å². The molecule has 0 aromatic carbocycles. The summed E-state index contributed by atoms with van der Waals surface area (Å²) in [6, 6.07) is 0. The number of carboxylic acid groups (broad SMARTS) is 1. The Hall–Kier alpha value is -1.92. The molecule has 1 aliphatic heterocycles. The number of carbonyl (C=O) groups excluding carboxylic acids is 1. The molecule has 1 aliphatic rings. The second-order valence-electron chi connectivity index (χ2n) is 3.05. The van der Waals surface area contributed by atoms with Gasteiger partial charge in [-0.3, -0.25) is 14.9 Å². The second kappa shape index (κ2) is 3.09. The molecular weight excluding hydrogens is 188 g/mol. The average molecular weight is 196 g/mol. The van der Waals surface area contributed by atoms with Gasteiger partial charge in [0.1, 0.15) is 6.33 Å². The number of rotatable bonds is 2. The fraction of sp³-hybridized carbons (Fsp3) is 0.429. The lowest BCUT2D eigenvalue weighted by atomic mass is 10.0. The van der Waals surface area contributed by atoms with Gasteiger partial charge in [0.2, 0.25) is 11.9 Å². The van der Waals surface area contributed by atoms with Crippen molar-refractivity contribution in [3.8, 4) is 0 Å². The molecule has 1 aromatic rings. The Kier molecular flexibility index (Phi) is 1.91. The maximum absolute atomic E-state index is 11.3. The van der Waals surface area contributed by atoms with Gasteiger partial charge in [-0.15, -0.1) is 0 Å². The van der Waals surface area contributed by atoms with Crippen molar-refractivity contribution in [3.63, 3.8) is 0 Å². The highest BCUT2D eigenvalue weighted by Gasteiger charge is 2.28. The molecule has 0 unspecified atom stereocenters. The second-order valence-corrected chi connectivity index (χ2v) is 3.05. The first-order valence-corrected chi connectivity index (χ1v) is 4.07. The van der Waals surface area contributed by atoms with Crippen molar-refractivity contribution in [1.29, 1.82) is 0 Å². The van der Waals surface area contributed by atoms with Crippen molar-refractivity contribution >= 4 is 17.8 Å². The van der Waals surface area contributed by atoms with Gasteiger partial charge in [0.05, 0.1) is 18.9 Å². The number of aliphatic carboxylic acids is 1. The molecule has 2 heterocycles. The lowest BCUT2D eigenvalue weighted by molar-refractivity contribution is -0.140. The fourth-order valence-corrected chi connectivity index (χ4v) is 1.37. The first kappa shape index (κ1) is 8.67. The third-order valence-corrected chi connectivity index (χ3v) is 2.04. The normalized spacial score (nSPS) is 20.0. The van der Waals surface area contributed by atoms with E-state index in [0.29, 0.717) is 5.95 Å². The molecule has 74 valence electrons. The zero-order valence-corrected chi connectivity index (χ0v) is 7.17. The molecule has 1 amide bonds. The highest BCUT2D eigenvalue weighted by molar-refractivity contribution is 5.94. The molecule has 7 nitrogen and oxygen atoms in total. The first-order chi connectivity index (χ1) is 6.66. The highest BCUT2D eigenvalue weighted by atomic mass is 16.4. The zero-order chi connectivity index (χ0) is 10.1. The topological polar surface area (TPSA) is 97.1 Å². The number of aromatic nitrogens is 3. The number of nitrogens with zero attached hydrogens (tertiary/aromatic N) is 3. The van der Waals surface area contributed by atoms with Gasteiger partial charge >= 0.3 is 5.97 Å². The van der Waals surface area contributed by atoms with E-state index in [-0.39, 0.29) is 18.9 Å². The van der Waals surface area contributed by atoms with Gasteiger partial charge in [0.15, 0.2) is 0 Å². The minimum atomic E-state index is -0.992. The third kappa shape index (κ3) is 1.43. The molecule has 0 aliphatic carbocycles. The summed E-state index contributed by atoms with van der Waals surface area (Å²) >= 11 is 0. The van der Waals surface area contributed by atoms with E-state index in [1.807, 2.05) is 0 Å². The number of nitrogens with one attached hydrogen (secondary N) is 1. The third-order valence-electron chi connectivity index (χ3n) is 2.04. The van der Waals surface area contributed by atoms with Crippen LogP contribution in [0.1, 0.15) is 6.42 Å². The summed E-state index contributed by atoms with van der Waals surface area (Å²) in [5, 5.41) is 14.9. The van der Waals surface area contributed by atoms with Crippen LogP contribution in [0.15, 0.2) is 6.33 Å². The molecule has 0 saturated carbocycles. The van der Waals surface area contributed by atoms with Crippen molar-refractivity contribution in [1.82, 2.24) is 14.8 Å². The molecule has 0 fully saturated rings. The Morgan fingerprint density at radius 2 is 2.57 bits per heavy atom. The van der Waals surface area contributed by atoms with E-state index in [9.17, 15) is 9.59 Å². The van der Waals surface area contributed by atoms with Crippen LogP contribution in [-0.4, -0.2) is 31.7 Å². The van der Waals surface area contributed by atoms with Crippen LogP contribution in [0.2, 0.25) is 0 Å². The molecule has 1 atom stereocenters. The van der Waals surface area contributed by atoms with Gasteiger partial charge in [-0.1, -0.05) is 0 Å². The molecule has 0 saturated heterocycles. The van der Waals surface area contributed by atoms with Gasteiger partial charge in [-0.2, -0.15) is 10.1 Å². The van der Waals surface area contributed by atoms with Gasteiger partial charge in [-0.05, 0) is 0 Å². The molecule has 0 spiro atoms. The van der Waals surface area contributed by atoms with E-state index in [1.54, 1.807) is 0 Å². The minimum absolute atomic E-state index is 0.189. The van der Waals surface area contributed by atoms with Gasteiger partial charge < -0.3 is 5.11 Å². The van der Waals surface area contributed by atoms with Crippen LogP contribution >= 0.6 is 0 Å². The van der Waals surface area contributed by atoms with Crippen molar-refractivity contribution in [2.75, 3.05) is 5.32 Å². The largest absolute Gasteiger partial charge is 0.481 e. The predicted molar refractivity (Wildman–Crippen MR) is 44.4 cm³/mol. The Labute approximate surface area is 78.7 Å². The van der Waals surface area contributed by atoms with E-state index in [0.717, 1.165) is 0 Å². The Morgan fingerprint density at radius 1 is 1.79 bits per heavy atom. The number of fused-ring (bicyclic) bond motifs is 1. The number of carboxylic acids is 1. The van der Waals surface area contributed by atoms with Gasteiger partial charge in [0, 0.05) is 0 Å². The quantitative estimate of drug-likeness (QED) is 0.653. The average Bonchev–Trinajstić information content (AvgIpc) is 2.51. The predicted octanol–water partition coefficient (Wildman–Crippen LogP) is -0.679. The van der Waals surface area contributed by atoms with Crippen LogP contribution < -0.4 is 5.32 Å². The van der Waals surface area contributed by atoms with E-state index in [4.69, 9.17) is 5.11 Å². The van der Waals surface area contributed by atoms with E-state index in [1.165, 1.54) is 11.0 Å². The Morgan fingerprint density at radius 3 is 3.29 bits per heavy atom. The van der Waals surface area contributed by atoms with Crippen LogP contribution in [0.4, 0.5) is 5.95 Å². The minimum Gasteiger partial charge on any atom is -0.481 e. The molecular formula is C7H8N4O3. The summed E-state index contributed by atoms with van der Waals surface area (Å²) in [6.45, 7) is 0.271. The van der Waals surface area contributed by atoms with Crippen molar-refractivity contribution in [2.24, 2.45) is 5.92 Å². The number of hydrogen-bond acceptors (Lipinski definition) is 4. The number of amides is 1. The monoisotopic (exact) mass is 196 g/mol. The molecule has 0 radical (unpaired) electrons. The molecule has 1 aromatic heterocycles. The Balaban J connectivity index is 2.17. The van der Waals surface area contributed by atoms with Crippen molar-refractivity contribution in [3.05, 3.63) is 6.33 Å². The number of anilines is 1. The molecule has 14 heavy (non-hydrogen) atoms. The Bertz CT molecular complexity index is 386. The van der Waals surface area contributed by atoms with Gasteiger partial charge in [0.25, 0.3) is 0 Å². The standard InChI is InChI=1S/C7H8N4O3/c12-5(13)1-4-2-11-7(8-3-9-11)10-6(4)14/h3-4H,1-2H2,(H,12,13)(H,8,9,10,14)/t4-/m0/s1. The van der Waals surface area contributed by atoms with Crippen molar-refractivity contribution in [2.45, 2.75) is 13.0 Å². The summed E-state index contributed by atoms with van der Waals surface area (Å²) < 4.78 is 1.48. The lowest BCUT2D eigenvalue weighted by Gasteiger charge is -2.20. The van der Waals surface area contributed by atoms with Crippen LogP contribution in [0.25, 0.3) is 0 Å². The molecule has 2 rings (SSSR count). The first-order valence-electron chi connectivity index (χ1n) is 4.07. The zero-order valence-electron chi connectivity index (χ0n) is 7.17. The molecule has 2 N–H and O–H groups in total. The summed E-state index contributed by atoms with van der Waals surface area (Å²) in [7, 11) is 0. The number of carbonyl (C=O) groups is 2. The van der Waals surface area contributed by atoms with Crippen LogP contribution in [-0.2, 0) is 16.1 Å². The van der Waals surface area contributed by atoms with E-state index in [2.05, 4.69) is 15.4 Å². The van der Waals surface area contributed by atoms with Crippen LogP contribution in [0.5, 0.6) is 0 Å². The summed E-state index contributed by atoms with van der Waals surface area (Å²) in [5.74, 6) is -1.50. The van der Waals surface area contributed by atoms with Crippen LogP contribution in [0.3, 0.4) is 0 Å². The fourth-order valence-electron chi connectivity index (χ4n) is 1.37. The summed E-state index contributed by atoms with van der Waals surface area (Å²) in [4.78, 5) is 25.6.